The summed E-state index contributed by atoms with van der Waals surface area (Å²) in [5.74, 6) is 0.335. The van der Waals surface area contributed by atoms with Crippen molar-refractivity contribution in [2.45, 2.75) is 80.1 Å². The van der Waals surface area contributed by atoms with Crippen LogP contribution in [0.2, 0.25) is 0 Å². The molecule has 2 aromatic carbocycles. The van der Waals surface area contributed by atoms with Crippen molar-refractivity contribution in [3.05, 3.63) is 70.3 Å². The van der Waals surface area contributed by atoms with Crippen LogP contribution in [0.3, 0.4) is 0 Å². The molecule has 36 heavy (non-hydrogen) atoms. The van der Waals surface area contributed by atoms with E-state index in [1.165, 1.54) is 34.9 Å². The van der Waals surface area contributed by atoms with Gasteiger partial charge in [0.15, 0.2) is 5.79 Å². The Hall–Kier alpha value is -1.45. The topological polar surface area (TPSA) is 88.4 Å². The lowest BCUT2D eigenvalue weighted by molar-refractivity contribution is -0.200. The lowest BCUT2D eigenvalue weighted by Crippen LogP contribution is -2.52. The Kier molecular flexibility index (Phi) is 6.48. The third-order valence-corrected chi connectivity index (χ3v) is 9.84. The predicted octanol–water partition coefficient (Wildman–Crippen LogP) is 3.61. The summed E-state index contributed by atoms with van der Waals surface area (Å²) in [4.78, 5) is 0. The Balaban J connectivity index is 1.17. The Morgan fingerprint density at radius 2 is 1.67 bits per heavy atom. The van der Waals surface area contributed by atoms with Crippen LogP contribution in [-0.2, 0) is 26.0 Å². The number of thioether (sulfide) groups is 1. The minimum atomic E-state index is -1.24. The second-order valence-corrected chi connectivity index (χ2v) is 12.0. The smallest absolute Gasteiger partial charge is 0.168 e. The highest BCUT2D eigenvalue weighted by atomic mass is 32.2. The van der Waals surface area contributed by atoms with Gasteiger partial charge in [-0.05, 0) is 71.6 Å². The van der Waals surface area contributed by atoms with Crippen LogP contribution in [0.1, 0.15) is 59.6 Å². The monoisotopic (exact) mass is 512 g/mol. The van der Waals surface area contributed by atoms with Gasteiger partial charge in [0, 0.05) is 12.8 Å². The molecule has 4 fully saturated rings. The maximum absolute atomic E-state index is 10.6. The third kappa shape index (κ3) is 4.23. The molecule has 0 radical (unpaired) electrons. The second-order valence-electron chi connectivity index (χ2n) is 11.1. The van der Waals surface area contributed by atoms with Crippen molar-refractivity contribution in [2.24, 2.45) is 5.92 Å². The Morgan fingerprint density at radius 1 is 0.917 bits per heavy atom. The molecule has 194 valence electrons. The number of rotatable bonds is 5. The molecule has 2 heterocycles. The van der Waals surface area contributed by atoms with E-state index >= 15 is 0 Å². The van der Waals surface area contributed by atoms with Crippen LogP contribution in [-0.4, -0.2) is 64.3 Å². The van der Waals surface area contributed by atoms with Gasteiger partial charge >= 0.3 is 0 Å². The van der Waals surface area contributed by atoms with Gasteiger partial charge in [-0.25, -0.2) is 0 Å². The molecule has 2 aliphatic heterocycles. The van der Waals surface area contributed by atoms with E-state index in [0.29, 0.717) is 11.3 Å². The zero-order valence-electron chi connectivity index (χ0n) is 20.9. The normalized spacial score (nSPS) is 37.1. The molecular formula is C29H36O6S. The first-order chi connectivity index (χ1) is 17.3. The fourth-order valence-electron chi connectivity index (χ4n) is 6.65. The molecule has 2 saturated carbocycles. The highest BCUT2D eigenvalue weighted by Gasteiger charge is 2.62. The fourth-order valence-corrected chi connectivity index (χ4v) is 7.32. The molecule has 4 aliphatic rings. The first-order valence-corrected chi connectivity index (χ1v) is 14.3. The van der Waals surface area contributed by atoms with Gasteiger partial charge in [-0.15, -0.1) is 11.8 Å². The standard InChI is InChI=1S/C29H36O6S/c1-17-3-6-19(26-24(31)23(30)25(32)27(35-26)36-2)14-20(17)13-18-4-7-21(8-5-18)28-9-10-29(16-22(28)15-28)33-11-12-34-29/h3-8,14,22-27,30-32H,9-13,15-16H2,1-2H3/t22-,23-,24-,25+,26?,27-,28-/m1/s1. The van der Waals surface area contributed by atoms with E-state index in [0.717, 1.165) is 50.0 Å². The SMILES string of the molecule is CS[C@H]1OC(c2ccc(C)c(Cc3ccc([C@]45CCC6(C[C@H]4C5)OCCO6)cc3)c2)[C@H](O)[C@@H](O)[C@@H]1O. The summed E-state index contributed by atoms with van der Waals surface area (Å²) in [6, 6.07) is 15.1. The number of hydrogen-bond donors (Lipinski definition) is 3. The molecular weight excluding hydrogens is 476 g/mol. The van der Waals surface area contributed by atoms with Crippen molar-refractivity contribution in [1.82, 2.24) is 0 Å². The molecule has 3 N–H and O–H groups in total. The van der Waals surface area contributed by atoms with Crippen LogP contribution >= 0.6 is 11.8 Å². The second kappa shape index (κ2) is 9.38. The van der Waals surface area contributed by atoms with Crippen molar-refractivity contribution in [3.63, 3.8) is 0 Å². The third-order valence-electron chi connectivity index (χ3n) is 8.98. The number of ether oxygens (including phenoxy) is 3. The van der Waals surface area contributed by atoms with Gasteiger partial charge in [0.05, 0.1) is 13.2 Å². The fraction of sp³-hybridized carbons (Fsp3) is 0.586. The Morgan fingerprint density at radius 3 is 2.36 bits per heavy atom. The molecule has 1 spiro atoms. The van der Waals surface area contributed by atoms with E-state index in [4.69, 9.17) is 14.2 Å². The molecule has 0 amide bonds. The maximum Gasteiger partial charge on any atom is 0.168 e. The zero-order valence-corrected chi connectivity index (χ0v) is 21.7. The summed E-state index contributed by atoms with van der Waals surface area (Å²) in [5.41, 5.74) is 5.53. The zero-order chi connectivity index (χ0) is 25.1. The molecule has 2 aromatic rings. The van der Waals surface area contributed by atoms with Gasteiger partial charge < -0.3 is 29.5 Å². The molecule has 6 nitrogen and oxygen atoms in total. The van der Waals surface area contributed by atoms with Gasteiger partial charge in [0.25, 0.3) is 0 Å². The quantitative estimate of drug-likeness (QED) is 0.564. The van der Waals surface area contributed by atoms with Crippen LogP contribution in [0, 0.1) is 12.8 Å². The van der Waals surface area contributed by atoms with E-state index < -0.39 is 29.9 Å². The summed E-state index contributed by atoms with van der Waals surface area (Å²) >= 11 is 1.33. The molecule has 2 saturated heterocycles. The van der Waals surface area contributed by atoms with E-state index in [9.17, 15) is 15.3 Å². The highest BCUT2D eigenvalue weighted by molar-refractivity contribution is 7.99. The van der Waals surface area contributed by atoms with Gasteiger partial charge in [-0.3, -0.25) is 0 Å². The number of aliphatic hydroxyl groups excluding tert-OH is 3. The Bertz CT molecular complexity index is 1100. The number of hydrogen-bond acceptors (Lipinski definition) is 7. The van der Waals surface area contributed by atoms with Crippen LogP contribution in [0.15, 0.2) is 42.5 Å². The number of benzene rings is 2. The first-order valence-electron chi connectivity index (χ1n) is 13.0. The number of aliphatic hydroxyl groups is 3. The van der Waals surface area contributed by atoms with Crippen LogP contribution < -0.4 is 0 Å². The molecule has 2 aliphatic carbocycles. The Labute approximate surface area is 217 Å². The van der Waals surface area contributed by atoms with Gasteiger partial charge in [0.1, 0.15) is 29.9 Å². The van der Waals surface area contributed by atoms with Crippen LogP contribution in [0.4, 0.5) is 0 Å². The van der Waals surface area contributed by atoms with E-state index in [2.05, 4.69) is 37.3 Å². The van der Waals surface area contributed by atoms with Crippen molar-refractivity contribution < 1.29 is 29.5 Å². The lowest BCUT2D eigenvalue weighted by Gasteiger charge is -2.40. The van der Waals surface area contributed by atoms with E-state index in [1.807, 2.05) is 18.4 Å². The molecule has 7 atom stereocenters. The van der Waals surface area contributed by atoms with Crippen molar-refractivity contribution >= 4 is 11.8 Å². The molecule has 7 heteroatoms. The first kappa shape index (κ1) is 24.9. The van der Waals surface area contributed by atoms with E-state index in [1.54, 1.807) is 0 Å². The number of fused-ring (bicyclic) bond motifs is 1. The molecule has 0 bridgehead atoms. The molecule has 6 rings (SSSR count). The highest BCUT2D eigenvalue weighted by Crippen LogP contribution is 2.65. The van der Waals surface area contributed by atoms with Crippen LogP contribution in [0.5, 0.6) is 0 Å². The average molecular weight is 513 g/mol. The maximum atomic E-state index is 10.6. The summed E-state index contributed by atoms with van der Waals surface area (Å²) < 4.78 is 17.9. The summed E-state index contributed by atoms with van der Waals surface area (Å²) in [5, 5.41) is 31.2. The van der Waals surface area contributed by atoms with Crippen LogP contribution in [0.25, 0.3) is 0 Å². The predicted molar refractivity (Wildman–Crippen MR) is 138 cm³/mol. The van der Waals surface area contributed by atoms with E-state index in [-0.39, 0.29) is 5.79 Å². The summed E-state index contributed by atoms with van der Waals surface area (Å²) in [6.07, 6.45) is 2.72. The molecule has 1 unspecified atom stereocenters. The number of aryl methyl sites for hydroxylation is 1. The van der Waals surface area contributed by atoms with Crippen molar-refractivity contribution in [1.29, 1.82) is 0 Å². The van der Waals surface area contributed by atoms with Gasteiger partial charge in [-0.1, -0.05) is 42.5 Å². The van der Waals surface area contributed by atoms with Crippen molar-refractivity contribution in [2.75, 3.05) is 19.5 Å². The van der Waals surface area contributed by atoms with Gasteiger partial charge in [-0.2, -0.15) is 0 Å². The minimum Gasteiger partial charge on any atom is -0.387 e. The average Bonchev–Trinajstić information content (AvgIpc) is 3.44. The summed E-state index contributed by atoms with van der Waals surface area (Å²) in [6.45, 7) is 3.54. The van der Waals surface area contributed by atoms with Crippen molar-refractivity contribution in [3.8, 4) is 0 Å². The van der Waals surface area contributed by atoms with Gasteiger partial charge in [0.2, 0.25) is 0 Å². The lowest BCUT2D eigenvalue weighted by atomic mass is 9.79. The summed E-state index contributed by atoms with van der Waals surface area (Å²) in [7, 11) is 0. The molecule has 0 aromatic heterocycles. The minimum absolute atomic E-state index is 0.294. The largest absolute Gasteiger partial charge is 0.387 e.